The highest BCUT2D eigenvalue weighted by molar-refractivity contribution is 7.26. The van der Waals surface area contributed by atoms with Gasteiger partial charge in [0.1, 0.15) is 0 Å². The lowest BCUT2D eigenvalue weighted by Gasteiger charge is -2.23. The Labute approximate surface area is 202 Å². The standard InChI is InChI=1S/C31H22N2S/c1-18-10-14-27(32-17-18)20-11-15-28-26(16-20)22-8-5-7-21(19(22)2)24-12-13-25-23-6-3-4-9-29(23)34-31(25)30(24)33-28/h3-17,33H,1-2H3. The van der Waals surface area contributed by atoms with E-state index >= 15 is 0 Å². The van der Waals surface area contributed by atoms with Crippen LogP contribution in [0.1, 0.15) is 11.1 Å². The van der Waals surface area contributed by atoms with Crippen molar-refractivity contribution >= 4 is 42.9 Å². The summed E-state index contributed by atoms with van der Waals surface area (Å²) in [7, 11) is 0. The summed E-state index contributed by atoms with van der Waals surface area (Å²) in [6.45, 7) is 4.32. The van der Waals surface area contributed by atoms with Gasteiger partial charge in [0.25, 0.3) is 0 Å². The van der Waals surface area contributed by atoms with Gasteiger partial charge in [-0.15, -0.1) is 11.3 Å². The smallest absolute Gasteiger partial charge is 0.0702 e. The summed E-state index contributed by atoms with van der Waals surface area (Å²) in [4.78, 5) is 4.68. The quantitative estimate of drug-likeness (QED) is 0.267. The zero-order valence-corrected chi connectivity index (χ0v) is 19.8. The van der Waals surface area contributed by atoms with E-state index < -0.39 is 0 Å². The molecular weight excluding hydrogens is 432 g/mol. The van der Waals surface area contributed by atoms with Crippen LogP contribution in [-0.2, 0) is 0 Å². The molecule has 0 fully saturated rings. The van der Waals surface area contributed by atoms with Crippen LogP contribution in [0.3, 0.4) is 0 Å². The molecule has 4 aromatic carbocycles. The van der Waals surface area contributed by atoms with Gasteiger partial charge in [-0.1, -0.05) is 60.7 Å². The second kappa shape index (κ2) is 7.28. The molecule has 3 heterocycles. The van der Waals surface area contributed by atoms with Crippen molar-refractivity contribution in [1.82, 2.24) is 4.98 Å². The summed E-state index contributed by atoms with van der Waals surface area (Å²) in [5.74, 6) is 0. The van der Waals surface area contributed by atoms with Crippen LogP contribution in [0, 0.1) is 13.8 Å². The van der Waals surface area contributed by atoms with E-state index in [1.165, 1.54) is 59.2 Å². The molecule has 2 bridgehead atoms. The fourth-order valence-electron chi connectivity index (χ4n) is 5.17. The predicted molar refractivity (Wildman–Crippen MR) is 146 cm³/mol. The second-order valence-corrected chi connectivity index (χ2v) is 10.1. The fraction of sp³-hybridized carbons (Fsp3) is 0.0645. The number of anilines is 2. The van der Waals surface area contributed by atoms with Gasteiger partial charge in [0.05, 0.1) is 16.1 Å². The number of hydrogen-bond acceptors (Lipinski definition) is 3. The van der Waals surface area contributed by atoms with Crippen molar-refractivity contribution < 1.29 is 0 Å². The maximum absolute atomic E-state index is 4.68. The number of pyridine rings is 1. The molecule has 3 heteroatoms. The summed E-state index contributed by atoms with van der Waals surface area (Å²) in [6.07, 6.45) is 1.94. The summed E-state index contributed by atoms with van der Waals surface area (Å²) in [5.41, 5.74) is 11.9. The average molecular weight is 455 g/mol. The third kappa shape index (κ3) is 2.84. The number of fused-ring (bicyclic) bond motifs is 10. The first-order chi connectivity index (χ1) is 16.7. The first-order valence-electron chi connectivity index (χ1n) is 11.6. The Morgan fingerprint density at radius 2 is 1.56 bits per heavy atom. The SMILES string of the molecule is Cc1ccc(-c2ccc3c(c2)-c2cccc(c2C)-c2ccc4c(sc5ccccc54)c2N3)nc1. The molecule has 0 unspecified atom stereocenters. The summed E-state index contributed by atoms with van der Waals surface area (Å²) >= 11 is 1.87. The molecule has 0 atom stereocenters. The molecule has 0 amide bonds. The third-order valence-corrected chi connectivity index (χ3v) is 8.15. The number of hydrogen-bond donors (Lipinski definition) is 1. The summed E-state index contributed by atoms with van der Waals surface area (Å²) in [6, 6.07) is 30.8. The van der Waals surface area contributed by atoms with Gasteiger partial charge in [0.2, 0.25) is 0 Å². The minimum absolute atomic E-state index is 0.997. The van der Waals surface area contributed by atoms with Crippen LogP contribution in [0.25, 0.3) is 53.7 Å². The van der Waals surface area contributed by atoms with E-state index in [9.17, 15) is 0 Å². The highest BCUT2D eigenvalue weighted by Crippen LogP contribution is 2.49. The number of rotatable bonds is 1. The van der Waals surface area contributed by atoms with Crippen LogP contribution in [-0.4, -0.2) is 4.98 Å². The van der Waals surface area contributed by atoms with Crippen LogP contribution in [0.2, 0.25) is 0 Å². The zero-order chi connectivity index (χ0) is 22.8. The lowest BCUT2D eigenvalue weighted by Crippen LogP contribution is -2.02. The monoisotopic (exact) mass is 454 g/mol. The number of aromatic nitrogens is 1. The molecule has 0 saturated heterocycles. The molecule has 162 valence electrons. The summed E-state index contributed by atoms with van der Waals surface area (Å²) < 4.78 is 2.63. The second-order valence-electron chi connectivity index (χ2n) is 9.05. The third-order valence-electron chi connectivity index (χ3n) is 6.95. The minimum atomic E-state index is 0.997. The number of nitrogens with zero attached hydrogens (tertiary/aromatic N) is 1. The van der Waals surface area contributed by atoms with Gasteiger partial charge in [0.15, 0.2) is 0 Å². The lowest BCUT2D eigenvalue weighted by molar-refractivity contribution is 1.27. The molecule has 34 heavy (non-hydrogen) atoms. The highest BCUT2D eigenvalue weighted by atomic mass is 32.1. The number of thiophene rings is 1. The van der Waals surface area contributed by atoms with Gasteiger partial charge in [-0.2, -0.15) is 0 Å². The predicted octanol–water partition coefficient (Wildman–Crippen LogP) is 9.12. The van der Waals surface area contributed by atoms with Gasteiger partial charge in [-0.05, 0) is 60.4 Å². The van der Waals surface area contributed by atoms with Crippen LogP contribution >= 0.6 is 11.3 Å². The topological polar surface area (TPSA) is 24.9 Å². The molecule has 6 aromatic rings. The molecule has 0 saturated carbocycles. The van der Waals surface area contributed by atoms with E-state index in [1.807, 2.05) is 17.5 Å². The lowest BCUT2D eigenvalue weighted by atomic mass is 9.88. The number of benzene rings is 4. The van der Waals surface area contributed by atoms with Crippen molar-refractivity contribution in [1.29, 1.82) is 0 Å². The van der Waals surface area contributed by atoms with Crippen molar-refractivity contribution in [3.8, 4) is 33.5 Å². The van der Waals surface area contributed by atoms with Gasteiger partial charge in [-0.3, -0.25) is 4.98 Å². The van der Waals surface area contributed by atoms with Gasteiger partial charge < -0.3 is 5.32 Å². The molecule has 1 aliphatic rings. The molecule has 1 N–H and O–H groups in total. The number of nitrogens with one attached hydrogen (secondary N) is 1. The Morgan fingerprint density at radius 3 is 2.41 bits per heavy atom. The van der Waals surface area contributed by atoms with Gasteiger partial charge in [0, 0.05) is 44.0 Å². The number of aryl methyl sites for hydroxylation is 1. The molecule has 2 aromatic heterocycles. The first kappa shape index (κ1) is 19.5. The Morgan fingerprint density at radius 1 is 0.706 bits per heavy atom. The molecule has 0 spiro atoms. The molecule has 0 aliphatic carbocycles. The van der Waals surface area contributed by atoms with E-state index in [4.69, 9.17) is 0 Å². The van der Waals surface area contributed by atoms with Gasteiger partial charge >= 0.3 is 0 Å². The molecule has 0 radical (unpaired) electrons. The van der Waals surface area contributed by atoms with Crippen molar-refractivity contribution in [2.45, 2.75) is 13.8 Å². The highest BCUT2D eigenvalue weighted by Gasteiger charge is 2.21. The Kier molecular flexibility index (Phi) is 4.18. The van der Waals surface area contributed by atoms with E-state index in [-0.39, 0.29) is 0 Å². The van der Waals surface area contributed by atoms with E-state index in [1.54, 1.807) is 0 Å². The molecule has 1 aliphatic heterocycles. The van der Waals surface area contributed by atoms with Crippen molar-refractivity contribution in [3.05, 3.63) is 102 Å². The molecule has 7 rings (SSSR count). The van der Waals surface area contributed by atoms with Gasteiger partial charge in [-0.25, -0.2) is 0 Å². The molecule has 2 nitrogen and oxygen atoms in total. The maximum atomic E-state index is 4.68. The Hall–Kier alpha value is -3.95. The minimum Gasteiger partial charge on any atom is -0.353 e. The molecular formula is C31H22N2S. The fourth-order valence-corrected chi connectivity index (χ4v) is 6.37. The van der Waals surface area contributed by atoms with E-state index in [0.29, 0.717) is 0 Å². The van der Waals surface area contributed by atoms with Crippen molar-refractivity contribution in [2.75, 3.05) is 5.32 Å². The summed E-state index contributed by atoms with van der Waals surface area (Å²) in [5, 5.41) is 6.49. The van der Waals surface area contributed by atoms with E-state index in [2.05, 4.69) is 109 Å². The largest absolute Gasteiger partial charge is 0.353 e. The van der Waals surface area contributed by atoms with Crippen molar-refractivity contribution in [3.63, 3.8) is 0 Å². The Balaban J connectivity index is 1.52. The normalized spacial score (nSPS) is 12.1. The maximum Gasteiger partial charge on any atom is 0.0702 e. The first-order valence-corrected chi connectivity index (χ1v) is 12.4. The average Bonchev–Trinajstić information content (AvgIpc) is 3.24. The zero-order valence-electron chi connectivity index (χ0n) is 19.0. The van der Waals surface area contributed by atoms with Crippen LogP contribution in [0.15, 0.2) is 91.1 Å². The van der Waals surface area contributed by atoms with Crippen molar-refractivity contribution in [2.24, 2.45) is 0 Å². The van der Waals surface area contributed by atoms with Crippen LogP contribution < -0.4 is 5.32 Å². The van der Waals surface area contributed by atoms with E-state index in [0.717, 1.165) is 16.9 Å². The van der Waals surface area contributed by atoms with Crippen LogP contribution in [0.5, 0.6) is 0 Å². The van der Waals surface area contributed by atoms with Crippen LogP contribution in [0.4, 0.5) is 11.4 Å². The Bertz CT molecular complexity index is 1740.